The van der Waals surface area contributed by atoms with E-state index in [0.29, 0.717) is 0 Å². The lowest BCUT2D eigenvalue weighted by Crippen LogP contribution is -2.19. The Morgan fingerprint density at radius 1 is 1.38 bits per heavy atom. The summed E-state index contributed by atoms with van der Waals surface area (Å²) < 4.78 is 1.10. The predicted molar refractivity (Wildman–Crippen MR) is 68.7 cm³/mol. The lowest BCUT2D eigenvalue weighted by molar-refractivity contribution is -0.385. The molecule has 10 nitrogen and oxygen atoms in total. The molecule has 0 saturated heterocycles. The second kappa shape index (κ2) is 5.77. The lowest BCUT2D eigenvalue weighted by Gasteiger charge is -2.05. The van der Waals surface area contributed by atoms with E-state index < -0.39 is 16.8 Å². The van der Waals surface area contributed by atoms with Crippen molar-refractivity contribution in [1.82, 2.24) is 14.8 Å². The Balaban J connectivity index is 2.02. The topological polar surface area (TPSA) is 140 Å². The van der Waals surface area contributed by atoms with Gasteiger partial charge in [-0.1, -0.05) is 0 Å². The van der Waals surface area contributed by atoms with Crippen molar-refractivity contribution in [2.75, 3.05) is 5.32 Å². The van der Waals surface area contributed by atoms with Crippen LogP contribution in [0.25, 0.3) is 0 Å². The Morgan fingerprint density at radius 2 is 2.14 bits per heavy atom. The number of hydrogen-bond acceptors (Lipinski definition) is 6. The van der Waals surface area contributed by atoms with Crippen LogP contribution in [0.5, 0.6) is 0 Å². The number of nitrogens with one attached hydrogen (secondary N) is 1. The SMILES string of the molecule is O=C(Cn1cc([N+](=O)[O-])cn1)Nc1cncc(C(=O)O)c1. The number of hydrogen-bond donors (Lipinski definition) is 2. The highest BCUT2D eigenvalue weighted by Gasteiger charge is 2.12. The summed E-state index contributed by atoms with van der Waals surface area (Å²) in [4.78, 5) is 36.0. The summed E-state index contributed by atoms with van der Waals surface area (Å²) in [6.07, 6.45) is 4.58. The molecule has 0 aliphatic heterocycles. The Labute approximate surface area is 117 Å². The van der Waals surface area contributed by atoms with Gasteiger partial charge in [-0.15, -0.1) is 0 Å². The third-order valence-electron chi connectivity index (χ3n) is 2.40. The van der Waals surface area contributed by atoms with Gasteiger partial charge >= 0.3 is 11.7 Å². The summed E-state index contributed by atoms with van der Waals surface area (Å²) in [5.41, 5.74) is -0.0820. The van der Waals surface area contributed by atoms with Crippen molar-refractivity contribution in [2.24, 2.45) is 0 Å². The van der Waals surface area contributed by atoms with Crippen molar-refractivity contribution in [3.05, 3.63) is 46.5 Å². The van der Waals surface area contributed by atoms with Gasteiger partial charge in [0.25, 0.3) is 0 Å². The highest BCUT2D eigenvalue weighted by atomic mass is 16.6. The van der Waals surface area contributed by atoms with Crippen LogP contribution >= 0.6 is 0 Å². The number of carboxylic acids is 1. The molecule has 0 atom stereocenters. The summed E-state index contributed by atoms with van der Waals surface area (Å²) in [5.74, 6) is -1.68. The molecule has 0 radical (unpaired) electrons. The number of aromatic nitrogens is 3. The van der Waals surface area contributed by atoms with Crippen molar-refractivity contribution in [1.29, 1.82) is 0 Å². The minimum absolute atomic E-state index is 0.0671. The molecule has 2 aromatic heterocycles. The number of nitro groups is 1. The summed E-state index contributed by atoms with van der Waals surface area (Å²) in [6.45, 7) is -0.245. The number of carbonyl (C=O) groups excluding carboxylic acids is 1. The molecule has 0 saturated carbocycles. The third-order valence-corrected chi connectivity index (χ3v) is 2.40. The fourth-order valence-corrected chi connectivity index (χ4v) is 1.51. The Hall–Kier alpha value is -3.30. The van der Waals surface area contributed by atoms with E-state index >= 15 is 0 Å². The van der Waals surface area contributed by atoms with Gasteiger partial charge in [0.1, 0.15) is 18.9 Å². The fraction of sp³-hybridized carbons (Fsp3) is 0.0909. The van der Waals surface area contributed by atoms with Gasteiger partial charge in [0.15, 0.2) is 0 Å². The molecular weight excluding hydrogens is 282 g/mol. The zero-order valence-electron chi connectivity index (χ0n) is 10.5. The Morgan fingerprint density at radius 3 is 2.76 bits per heavy atom. The second-order valence-electron chi connectivity index (χ2n) is 3.97. The van der Waals surface area contributed by atoms with Crippen molar-refractivity contribution in [3.63, 3.8) is 0 Å². The van der Waals surface area contributed by atoms with Crippen molar-refractivity contribution < 1.29 is 19.6 Å². The quantitative estimate of drug-likeness (QED) is 0.604. The highest BCUT2D eigenvalue weighted by Crippen LogP contribution is 2.10. The number of pyridine rings is 1. The maximum atomic E-state index is 11.7. The zero-order valence-corrected chi connectivity index (χ0v) is 10.5. The van der Waals surface area contributed by atoms with Crippen LogP contribution in [0.15, 0.2) is 30.9 Å². The maximum Gasteiger partial charge on any atom is 0.337 e. The normalized spacial score (nSPS) is 10.1. The molecule has 0 aromatic carbocycles. The van der Waals surface area contributed by atoms with Gasteiger partial charge in [-0.05, 0) is 6.07 Å². The van der Waals surface area contributed by atoms with E-state index in [-0.39, 0.29) is 23.5 Å². The van der Waals surface area contributed by atoms with Crippen LogP contribution in [-0.4, -0.2) is 36.7 Å². The number of aromatic carboxylic acids is 1. The first-order valence-corrected chi connectivity index (χ1v) is 5.61. The number of nitrogens with zero attached hydrogens (tertiary/aromatic N) is 4. The van der Waals surface area contributed by atoms with Crippen molar-refractivity contribution in [3.8, 4) is 0 Å². The summed E-state index contributed by atoms with van der Waals surface area (Å²) in [7, 11) is 0. The van der Waals surface area contributed by atoms with Crippen LogP contribution in [0.3, 0.4) is 0 Å². The standard InChI is InChI=1S/C11H9N5O5/c17-10(6-15-5-9(4-13-15)16(20)21)14-8-1-7(11(18)19)2-12-3-8/h1-5H,6H2,(H,14,17)(H,18,19). The van der Waals surface area contributed by atoms with E-state index in [1.165, 1.54) is 12.3 Å². The molecule has 0 spiro atoms. The van der Waals surface area contributed by atoms with Crippen molar-refractivity contribution >= 4 is 23.3 Å². The van der Waals surface area contributed by atoms with Gasteiger partial charge in [-0.2, -0.15) is 5.10 Å². The number of rotatable bonds is 5. The van der Waals surface area contributed by atoms with Gasteiger partial charge < -0.3 is 10.4 Å². The van der Waals surface area contributed by atoms with Gasteiger partial charge in [0.2, 0.25) is 5.91 Å². The molecule has 0 unspecified atom stereocenters. The van der Waals surface area contributed by atoms with Gasteiger partial charge in [0.05, 0.1) is 22.4 Å². The molecule has 0 aliphatic carbocycles. The molecule has 2 heterocycles. The van der Waals surface area contributed by atoms with E-state index in [4.69, 9.17) is 5.11 Å². The molecular formula is C11H9N5O5. The predicted octanol–water partition coefficient (Wildman–Crippen LogP) is 0.523. The van der Waals surface area contributed by atoms with E-state index in [9.17, 15) is 19.7 Å². The first kappa shape index (κ1) is 14.1. The molecule has 10 heteroatoms. The molecule has 0 fully saturated rings. The average Bonchev–Trinajstić information content (AvgIpc) is 2.87. The van der Waals surface area contributed by atoms with Crippen LogP contribution in [0, 0.1) is 10.1 Å². The summed E-state index contributed by atoms with van der Waals surface area (Å²) in [6, 6.07) is 1.25. The summed E-state index contributed by atoms with van der Waals surface area (Å²) in [5, 5.41) is 25.4. The van der Waals surface area contributed by atoms with E-state index in [1.54, 1.807) is 0 Å². The first-order chi connectivity index (χ1) is 9.95. The molecule has 108 valence electrons. The van der Waals surface area contributed by atoms with Crippen LogP contribution < -0.4 is 5.32 Å². The second-order valence-corrected chi connectivity index (χ2v) is 3.97. The number of carbonyl (C=O) groups is 2. The van der Waals surface area contributed by atoms with Crippen molar-refractivity contribution in [2.45, 2.75) is 6.54 Å². The van der Waals surface area contributed by atoms with Crippen LogP contribution in [0.2, 0.25) is 0 Å². The monoisotopic (exact) mass is 291 g/mol. The Kier molecular flexibility index (Phi) is 3.88. The van der Waals surface area contributed by atoms with Crippen LogP contribution in [-0.2, 0) is 11.3 Å². The van der Waals surface area contributed by atoms with Gasteiger partial charge in [-0.25, -0.2) is 4.79 Å². The largest absolute Gasteiger partial charge is 0.478 e. The first-order valence-electron chi connectivity index (χ1n) is 5.61. The lowest BCUT2D eigenvalue weighted by atomic mass is 10.2. The van der Waals surface area contributed by atoms with E-state index in [2.05, 4.69) is 15.4 Å². The molecule has 0 bridgehead atoms. The number of amides is 1. The fourth-order valence-electron chi connectivity index (χ4n) is 1.51. The third kappa shape index (κ3) is 3.59. The zero-order chi connectivity index (χ0) is 15.4. The molecule has 1 amide bonds. The average molecular weight is 291 g/mol. The molecule has 2 rings (SSSR count). The molecule has 2 N–H and O–H groups in total. The maximum absolute atomic E-state index is 11.7. The summed E-state index contributed by atoms with van der Waals surface area (Å²) >= 11 is 0. The van der Waals surface area contributed by atoms with Gasteiger partial charge in [0, 0.05) is 6.20 Å². The smallest absolute Gasteiger partial charge is 0.337 e. The van der Waals surface area contributed by atoms with Gasteiger partial charge in [-0.3, -0.25) is 24.6 Å². The molecule has 2 aromatic rings. The van der Waals surface area contributed by atoms with Crippen LogP contribution in [0.1, 0.15) is 10.4 Å². The van der Waals surface area contributed by atoms with E-state index in [0.717, 1.165) is 23.3 Å². The van der Waals surface area contributed by atoms with Crippen LogP contribution in [0.4, 0.5) is 11.4 Å². The molecule has 21 heavy (non-hydrogen) atoms. The Bertz CT molecular complexity index is 711. The van der Waals surface area contributed by atoms with E-state index in [1.807, 2.05) is 0 Å². The number of anilines is 1. The molecule has 0 aliphatic rings. The highest BCUT2D eigenvalue weighted by molar-refractivity contribution is 5.93. The minimum Gasteiger partial charge on any atom is -0.478 e. The minimum atomic E-state index is -1.17. The number of carboxylic acid groups (broad SMARTS) is 1.